The fourth-order valence-electron chi connectivity index (χ4n) is 2.15. The van der Waals surface area contributed by atoms with Crippen LogP contribution < -0.4 is 10.1 Å². The van der Waals surface area contributed by atoms with Gasteiger partial charge in [0, 0.05) is 18.7 Å². The molecule has 0 bridgehead atoms. The molecule has 6 nitrogen and oxygen atoms in total. The number of aromatic nitrogens is 2. The van der Waals surface area contributed by atoms with Gasteiger partial charge in [-0.3, -0.25) is 9.89 Å². The molecular formula is C17H24N4O2. The van der Waals surface area contributed by atoms with Crippen LogP contribution in [0.15, 0.2) is 30.3 Å². The Hall–Kier alpha value is -2.34. The van der Waals surface area contributed by atoms with Crippen molar-refractivity contribution in [1.82, 2.24) is 20.4 Å². The van der Waals surface area contributed by atoms with E-state index in [1.165, 1.54) is 0 Å². The van der Waals surface area contributed by atoms with Crippen molar-refractivity contribution in [3.63, 3.8) is 0 Å². The summed E-state index contributed by atoms with van der Waals surface area (Å²) in [6.45, 7) is 6.98. The zero-order valence-corrected chi connectivity index (χ0v) is 13.9. The minimum Gasteiger partial charge on any atom is -0.493 e. The summed E-state index contributed by atoms with van der Waals surface area (Å²) >= 11 is 0. The van der Waals surface area contributed by atoms with Crippen molar-refractivity contribution in [2.24, 2.45) is 0 Å². The molecule has 1 aromatic heterocycles. The first-order valence-electron chi connectivity index (χ1n) is 7.90. The van der Waals surface area contributed by atoms with Crippen LogP contribution in [0.1, 0.15) is 24.3 Å². The van der Waals surface area contributed by atoms with E-state index in [4.69, 9.17) is 4.74 Å². The topological polar surface area (TPSA) is 70.2 Å². The summed E-state index contributed by atoms with van der Waals surface area (Å²) < 4.78 is 5.60. The van der Waals surface area contributed by atoms with Crippen LogP contribution in [-0.4, -0.2) is 54.3 Å². The van der Waals surface area contributed by atoms with Gasteiger partial charge < -0.3 is 15.0 Å². The molecular weight excluding hydrogens is 292 g/mol. The number of hydrogen-bond acceptors (Lipinski definition) is 4. The number of benzene rings is 1. The fourth-order valence-corrected chi connectivity index (χ4v) is 2.15. The fraction of sp³-hybridized carbons (Fsp3) is 0.412. The number of ether oxygens (including phenoxy) is 1. The molecule has 2 N–H and O–H groups in total. The molecule has 6 heteroatoms. The maximum atomic E-state index is 12.1. The molecule has 0 saturated carbocycles. The third-order valence-corrected chi connectivity index (χ3v) is 3.60. The number of carbonyl (C=O) groups excluding carboxylic acids is 1. The highest BCUT2D eigenvalue weighted by Gasteiger charge is 2.13. The van der Waals surface area contributed by atoms with Crippen molar-refractivity contribution < 1.29 is 9.53 Å². The van der Waals surface area contributed by atoms with E-state index in [0.717, 1.165) is 24.4 Å². The lowest BCUT2D eigenvalue weighted by Gasteiger charge is -2.13. The first-order chi connectivity index (χ1) is 11.2. The summed E-state index contributed by atoms with van der Waals surface area (Å²) in [7, 11) is 2.02. The van der Waals surface area contributed by atoms with Crippen LogP contribution in [0.4, 0.5) is 0 Å². The van der Waals surface area contributed by atoms with Crippen LogP contribution >= 0.6 is 0 Å². The number of para-hydroxylation sites is 1. The van der Waals surface area contributed by atoms with Gasteiger partial charge in [-0.05, 0) is 38.7 Å². The number of carbonyl (C=O) groups is 1. The number of likely N-dealkylation sites (N-methyl/N-ethyl adjacent to an activating group) is 1. The monoisotopic (exact) mass is 316 g/mol. The number of rotatable bonds is 8. The van der Waals surface area contributed by atoms with Crippen LogP contribution in [0.25, 0.3) is 11.3 Å². The minimum atomic E-state index is -0.151. The van der Waals surface area contributed by atoms with Crippen molar-refractivity contribution in [3.8, 4) is 17.0 Å². The average Bonchev–Trinajstić information content (AvgIpc) is 3.05. The lowest BCUT2D eigenvalue weighted by molar-refractivity contribution is 0.0945. The molecule has 2 rings (SSSR count). The van der Waals surface area contributed by atoms with E-state index in [2.05, 4.69) is 27.3 Å². The highest BCUT2D eigenvalue weighted by molar-refractivity contribution is 5.93. The Labute approximate surface area is 136 Å². The predicted octanol–water partition coefficient (Wildman–Crippen LogP) is 2.16. The zero-order valence-electron chi connectivity index (χ0n) is 13.9. The second-order valence-corrected chi connectivity index (χ2v) is 5.25. The van der Waals surface area contributed by atoms with Gasteiger partial charge in [0.05, 0.1) is 12.3 Å². The zero-order chi connectivity index (χ0) is 16.7. The number of aromatic amines is 1. The normalized spacial score (nSPS) is 10.8. The lowest BCUT2D eigenvalue weighted by Crippen LogP contribution is -2.33. The lowest BCUT2D eigenvalue weighted by atomic mass is 10.1. The maximum absolute atomic E-state index is 12.1. The van der Waals surface area contributed by atoms with Gasteiger partial charge in [0.15, 0.2) is 0 Å². The summed E-state index contributed by atoms with van der Waals surface area (Å²) in [6.07, 6.45) is 0. The van der Waals surface area contributed by atoms with E-state index in [1.807, 2.05) is 38.2 Å². The number of amides is 1. The first kappa shape index (κ1) is 17.0. The second kappa shape index (κ2) is 8.33. The van der Waals surface area contributed by atoms with E-state index in [9.17, 15) is 4.79 Å². The van der Waals surface area contributed by atoms with Crippen LogP contribution in [0.2, 0.25) is 0 Å². The molecule has 0 aliphatic rings. The Balaban J connectivity index is 2.04. The van der Waals surface area contributed by atoms with E-state index >= 15 is 0 Å². The van der Waals surface area contributed by atoms with Crippen molar-refractivity contribution in [2.45, 2.75) is 13.8 Å². The van der Waals surface area contributed by atoms with Gasteiger partial charge in [-0.15, -0.1) is 0 Å². The van der Waals surface area contributed by atoms with Crippen molar-refractivity contribution in [2.75, 3.05) is 33.3 Å². The third kappa shape index (κ3) is 4.56. The van der Waals surface area contributed by atoms with Gasteiger partial charge in [0.2, 0.25) is 0 Å². The summed E-state index contributed by atoms with van der Waals surface area (Å²) in [5.41, 5.74) is 2.02. The average molecular weight is 316 g/mol. The molecule has 0 fully saturated rings. The third-order valence-electron chi connectivity index (χ3n) is 3.60. The molecule has 0 radical (unpaired) electrons. The van der Waals surface area contributed by atoms with Crippen LogP contribution in [0.3, 0.4) is 0 Å². The summed E-state index contributed by atoms with van der Waals surface area (Å²) in [4.78, 5) is 14.3. The van der Waals surface area contributed by atoms with Gasteiger partial charge in [0.1, 0.15) is 11.4 Å². The summed E-state index contributed by atoms with van der Waals surface area (Å²) in [6, 6.07) is 9.41. The Bertz CT molecular complexity index is 639. The maximum Gasteiger partial charge on any atom is 0.269 e. The molecule has 0 unspecified atom stereocenters. The summed E-state index contributed by atoms with van der Waals surface area (Å²) in [5.74, 6) is 0.611. The standard InChI is InChI=1S/C17H24N4O2/c1-4-21(3)11-10-18-17(22)15-12-14(19-20-15)13-8-6-7-9-16(13)23-5-2/h6-9,12H,4-5,10-11H2,1-3H3,(H,18,22)(H,19,20). The largest absolute Gasteiger partial charge is 0.493 e. The van der Waals surface area contributed by atoms with Crippen molar-refractivity contribution in [1.29, 1.82) is 0 Å². The van der Waals surface area contributed by atoms with Gasteiger partial charge in [-0.2, -0.15) is 5.10 Å². The first-order valence-corrected chi connectivity index (χ1v) is 7.90. The van der Waals surface area contributed by atoms with Gasteiger partial charge >= 0.3 is 0 Å². The molecule has 0 saturated heterocycles. The van der Waals surface area contributed by atoms with E-state index < -0.39 is 0 Å². The van der Waals surface area contributed by atoms with Gasteiger partial charge in [0.25, 0.3) is 5.91 Å². The molecule has 2 aromatic rings. The molecule has 1 amide bonds. The van der Waals surface area contributed by atoms with Crippen LogP contribution in [-0.2, 0) is 0 Å². The number of hydrogen-bond donors (Lipinski definition) is 2. The molecule has 124 valence electrons. The molecule has 0 atom stereocenters. The van der Waals surface area contributed by atoms with Crippen molar-refractivity contribution in [3.05, 3.63) is 36.0 Å². The SMILES string of the molecule is CCOc1ccccc1-c1cc(C(=O)NCCN(C)CC)[nH]n1. The Morgan fingerprint density at radius 2 is 2.13 bits per heavy atom. The Morgan fingerprint density at radius 1 is 1.35 bits per heavy atom. The van der Waals surface area contributed by atoms with Crippen molar-refractivity contribution >= 4 is 5.91 Å². The van der Waals surface area contributed by atoms with Crippen LogP contribution in [0.5, 0.6) is 5.75 Å². The van der Waals surface area contributed by atoms with E-state index in [0.29, 0.717) is 24.5 Å². The van der Waals surface area contributed by atoms with Gasteiger partial charge in [-0.25, -0.2) is 0 Å². The van der Waals surface area contributed by atoms with Gasteiger partial charge in [-0.1, -0.05) is 19.1 Å². The molecule has 1 aromatic carbocycles. The van der Waals surface area contributed by atoms with E-state index in [1.54, 1.807) is 6.07 Å². The number of nitrogens with zero attached hydrogens (tertiary/aromatic N) is 2. The quantitative estimate of drug-likeness (QED) is 0.783. The summed E-state index contributed by atoms with van der Waals surface area (Å²) in [5, 5.41) is 9.91. The highest BCUT2D eigenvalue weighted by Crippen LogP contribution is 2.28. The molecule has 1 heterocycles. The van der Waals surface area contributed by atoms with E-state index in [-0.39, 0.29) is 5.91 Å². The smallest absolute Gasteiger partial charge is 0.269 e. The second-order valence-electron chi connectivity index (χ2n) is 5.25. The minimum absolute atomic E-state index is 0.151. The Morgan fingerprint density at radius 3 is 2.87 bits per heavy atom. The number of H-pyrrole nitrogens is 1. The highest BCUT2D eigenvalue weighted by atomic mass is 16.5. The molecule has 0 aliphatic carbocycles. The Kier molecular flexibility index (Phi) is 6.17. The van der Waals surface area contributed by atoms with Crippen LogP contribution in [0, 0.1) is 0 Å². The molecule has 0 spiro atoms. The number of nitrogens with one attached hydrogen (secondary N) is 2. The predicted molar refractivity (Wildman–Crippen MR) is 90.7 cm³/mol. The molecule has 23 heavy (non-hydrogen) atoms. The molecule has 0 aliphatic heterocycles.